The van der Waals surface area contributed by atoms with E-state index in [1.165, 1.54) is 4.57 Å². The molecule has 4 aromatic rings. The largest absolute Gasteiger partial charge is 0.493 e. The second kappa shape index (κ2) is 8.72. The molecule has 0 radical (unpaired) electrons. The molecule has 0 atom stereocenters. The molecule has 2 aromatic carbocycles. The first-order chi connectivity index (χ1) is 16.8. The highest BCUT2D eigenvalue weighted by molar-refractivity contribution is 5.92. The van der Waals surface area contributed by atoms with Gasteiger partial charge >= 0.3 is 5.69 Å². The fraction of sp³-hybridized carbons (Fsp3) is 0.385. The van der Waals surface area contributed by atoms with Gasteiger partial charge in [-0.25, -0.2) is 14.8 Å². The third-order valence-electron chi connectivity index (χ3n) is 6.88. The molecule has 0 N–H and O–H groups in total. The Morgan fingerprint density at radius 3 is 2.29 bits per heavy atom. The van der Waals surface area contributed by atoms with E-state index in [9.17, 15) is 9.59 Å². The fourth-order valence-corrected chi connectivity index (χ4v) is 5.05. The molecule has 0 amide bonds. The topological polar surface area (TPSA) is 91.5 Å². The minimum absolute atomic E-state index is 0.175. The van der Waals surface area contributed by atoms with Crippen molar-refractivity contribution in [1.29, 1.82) is 0 Å². The Morgan fingerprint density at radius 2 is 1.60 bits per heavy atom. The van der Waals surface area contributed by atoms with Crippen LogP contribution in [0.1, 0.15) is 30.3 Å². The molecular weight excluding hydrogens is 446 g/mol. The SMILES string of the molecule is COc1cc2nc(C)nc(N3CCC(n4c(=O)c5cc(C)ccc5n(C)c4=O)CC3)c2cc1OC. The summed E-state index contributed by atoms with van der Waals surface area (Å²) < 4.78 is 14.0. The number of hydrogen-bond acceptors (Lipinski definition) is 7. The number of methoxy groups -OCH3 is 2. The lowest BCUT2D eigenvalue weighted by atomic mass is 10.0. The van der Waals surface area contributed by atoms with Crippen molar-refractivity contribution in [3.8, 4) is 11.5 Å². The van der Waals surface area contributed by atoms with Crippen molar-refractivity contribution in [3.63, 3.8) is 0 Å². The van der Waals surface area contributed by atoms with E-state index in [0.29, 0.717) is 54.2 Å². The van der Waals surface area contributed by atoms with Crippen LogP contribution in [0.4, 0.5) is 5.82 Å². The number of aryl methyl sites for hydroxylation is 3. The molecule has 5 rings (SSSR count). The van der Waals surface area contributed by atoms with Crippen molar-refractivity contribution in [2.24, 2.45) is 7.05 Å². The quantitative estimate of drug-likeness (QED) is 0.448. The van der Waals surface area contributed by atoms with Gasteiger partial charge in [0.05, 0.1) is 30.6 Å². The van der Waals surface area contributed by atoms with Gasteiger partial charge in [-0.15, -0.1) is 0 Å². The summed E-state index contributed by atoms with van der Waals surface area (Å²) in [7, 11) is 4.93. The molecule has 0 aliphatic carbocycles. The fourth-order valence-electron chi connectivity index (χ4n) is 5.05. The van der Waals surface area contributed by atoms with E-state index in [1.807, 2.05) is 44.2 Å². The van der Waals surface area contributed by atoms with Crippen molar-refractivity contribution >= 4 is 27.6 Å². The predicted molar refractivity (Wildman–Crippen MR) is 136 cm³/mol. The van der Waals surface area contributed by atoms with Crippen LogP contribution in [0.25, 0.3) is 21.8 Å². The van der Waals surface area contributed by atoms with Crippen molar-refractivity contribution in [1.82, 2.24) is 19.1 Å². The highest BCUT2D eigenvalue weighted by atomic mass is 16.5. The molecule has 35 heavy (non-hydrogen) atoms. The molecule has 1 saturated heterocycles. The number of piperidine rings is 1. The Kier molecular flexibility index (Phi) is 5.70. The first-order valence-corrected chi connectivity index (χ1v) is 11.7. The van der Waals surface area contributed by atoms with Crippen molar-refractivity contribution in [2.75, 3.05) is 32.2 Å². The molecule has 3 heterocycles. The van der Waals surface area contributed by atoms with Crippen LogP contribution < -0.4 is 25.6 Å². The zero-order valence-electron chi connectivity index (χ0n) is 20.7. The van der Waals surface area contributed by atoms with Gasteiger partial charge in [-0.2, -0.15) is 0 Å². The van der Waals surface area contributed by atoms with Crippen LogP contribution in [0.15, 0.2) is 39.9 Å². The zero-order valence-corrected chi connectivity index (χ0v) is 20.7. The highest BCUT2D eigenvalue weighted by Gasteiger charge is 2.27. The van der Waals surface area contributed by atoms with Crippen molar-refractivity contribution in [3.05, 3.63) is 62.6 Å². The summed E-state index contributed by atoms with van der Waals surface area (Å²) in [6, 6.07) is 9.21. The summed E-state index contributed by atoms with van der Waals surface area (Å²) in [4.78, 5) is 38.0. The monoisotopic (exact) mass is 475 g/mol. The van der Waals surface area contributed by atoms with Gasteiger partial charge < -0.3 is 14.4 Å². The lowest BCUT2D eigenvalue weighted by molar-refractivity contribution is 0.355. The maximum Gasteiger partial charge on any atom is 0.331 e. The molecule has 1 fully saturated rings. The van der Waals surface area contributed by atoms with Crippen LogP contribution in [0.2, 0.25) is 0 Å². The minimum atomic E-state index is -0.273. The average molecular weight is 476 g/mol. The molecule has 1 aliphatic heterocycles. The van der Waals surface area contributed by atoms with Gasteiger partial charge in [0.2, 0.25) is 0 Å². The second-order valence-electron chi connectivity index (χ2n) is 9.07. The number of aromatic nitrogens is 4. The molecule has 0 bridgehead atoms. The third kappa shape index (κ3) is 3.80. The maximum absolute atomic E-state index is 13.3. The highest BCUT2D eigenvalue weighted by Crippen LogP contribution is 2.36. The summed E-state index contributed by atoms with van der Waals surface area (Å²) in [5, 5.41) is 1.45. The molecule has 9 nitrogen and oxygen atoms in total. The molecular formula is C26H29N5O4. The summed E-state index contributed by atoms with van der Waals surface area (Å²) in [5.41, 5.74) is 1.94. The van der Waals surface area contributed by atoms with Crippen LogP contribution in [-0.4, -0.2) is 46.4 Å². The number of benzene rings is 2. The molecule has 0 unspecified atom stereocenters. The molecule has 0 saturated carbocycles. The molecule has 2 aromatic heterocycles. The Morgan fingerprint density at radius 1 is 0.914 bits per heavy atom. The van der Waals surface area contributed by atoms with E-state index >= 15 is 0 Å². The average Bonchev–Trinajstić information content (AvgIpc) is 2.86. The summed E-state index contributed by atoms with van der Waals surface area (Å²) >= 11 is 0. The number of hydrogen-bond donors (Lipinski definition) is 0. The predicted octanol–water partition coefficient (Wildman–Crippen LogP) is 3.12. The minimum Gasteiger partial charge on any atom is -0.493 e. The van der Waals surface area contributed by atoms with Crippen molar-refractivity contribution in [2.45, 2.75) is 32.7 Å². The number of anilines is 1. The van der Waals surface area contributed by atoms with Crippen LogP contribution >= 0.6 is 0 Å². The molecule has 9 heteroatoms. The Balaban J connectivity index is 1.51. The van der Waals surface area contributed by atoms with Crippen LogP contribution in [0, 0.1) is 13.8 Å². The van der Waals surface area contributed by atoms with Crippen molar-refractivity contribution < 1.29 is 9.47 Å². The summed E-state index contributed by atoms with van der Waals surface area (Å²) in [5.74, 6) is 2.72. The van der Waals surface area contributed by atoms with Gasteiger partial charge in [0, 0.05) is 37.6 Å². The lowest BCUT2D eigenvalue weighted by Crippen LogP contribution is -2.45. The number of fused-ring (bicyclic) bond motifs is 2. The molecule has 182 valence electrons. The van der Waals surface area contributed by atoms with Crippen LogP contribution in [0.3, 0.4) is 0 Å². The Hall–Kier alpha value is -3.88. The summed E-state index contributed by atoms with van der Waals surface area (Å²) in [6.07, 6.45) is 1.31. The smallest absolute Gasteiger partial charge is 0.331 e. The van der Waals surface area contributed by atoms with Crippen LogP contribution in [-0.2, 0) is 7.05 Å². The zero-order chi connectivity index (χ0) is 24.9. The summed E-state index contributed by atoms with van der Waals surface area (Å²) in [6.45, 7) is 5.14. The van der Waals surface area contributed by atoms with Gasteiger partial charge in [-0.1, -0.05) is 11.6 Å². The lowest BCUT2D eigenvalue weighted by Gasteiger charge is -2.34. The normalized spacial score (nSPS) is 14.6. The number of nitrogens with zero attached hydrogens (tertiary/aromatic N) is 5. The van der Waals surface area contributed by atoms with Gasteiger partial charge in [0.25, 0.3) is 5.56 Å². The van der Waals surface area contributed by atoms with E-state index in [2.05, 4.69) is 9.88 Å². The van der Waals surface area contributed by atoms with E-state index in [1.54, 1.807) is 25.8 Å². The van der Waals surface area contributed by atoms with E-state index < -0.39 is 0 Å². The first-order valence-electron chi connectivity index (χ1n) is 11.7. The van der Waals surface area contributed by atoms with Gasteiger partial charge in [-0.05, 0) is 44.9 Å². The maximum atomic E-state index is 13.3. The number of rotatable bonds is 4. The second-order valence-corrected chi connectivity index (χ2v) is 9.07. The van der Waals surface area contributed by atoms with Gasteiger partial charge in [-0.3, -0.25) is 13.9 Å². The first kappa shape index (κ1) is 22.9. The van der Waals surface area contributed by atoms with Gasteiger partial charge in [0.15, 0.2) is 11.5 Å². The molecule has 1 aliphatic rings. The van der Waals surface area contributed by atoms with E-state index in [0.717, 1.165) is 22.3 Å². The molecule has 0 spiro atoms. The Labute approximate surface area is 202 Å². The third-order valence-corrected chi connectivity index (χ3v) is 6.88. The van der Waals surface area contributed by atoms with Gasteiger partial charge in [0.1, 0.15) is 11.6 Å². The standard InChI is InChI=1S/C26H29N5O4/c1-15-6-7-21-19(12-15)25(32)31(26(33)29(21)3)17-8-10-30(11-9-17)24-18-13-22(34-4)23(35-5)14-20(18)27-16(2)28-24/h6-7,12-14,17H,8-11H2,1-5H3. The van der Waals surface area contributed by atoms with Crippen LogP contribution in [0.5, 0.6) is 11.5 Å². The van der Waals surface area contributed by atoms with E-state index in [-0.39, 0.29) is 17.3 Å². The van der Waals surface area contributed by atoms with E-state index in [4.69, 9.17) is 14.5 Å². The number of ether oxygens (including phenoxy) is 2. The Bertz CT molecular complexity index is 1560.